The van der Waals surface area contributed by atoms with Crippen molar-refractivity contribution in [3.8, 4) is 0 Å². The molecule has 0 bridgehead atoms. The molecular formula is C15H29NO2. The molecule has 2 fully saturated rings. The van der Waals surface area contributed by atoms with E-state index in [0.717, 1.165) is 32.5 Å². The van der Waals surface area contributed by atoms with Crippen LogP contribution in [0, 0.1) is 0 Å². The Balaban J connectivity index is 1.90. The van der Waals surface area contributed by atoms with Crippen LogP contribution in [0.1, 0.15) is 58.3 Å². The van der Waals surface area contributed by atoms with Crippen LogP contribution in [0.15, 0.2) is 0 Å². The summed E-state index contributed by atoms with van der Waals surface area (Å²) < 4.78 is 5.74. The van der Waals surface area contributed by atoms with E-state index in [1.54, 1.807) is 0 Å². The molecule has 0 aromatic carbocycles. The van der Waals surface area contributed by atoms with Crippen molar-refractivity contribution in [3.05, 3.63) is 0 Å². The molecule has 2 aliphatic rings. The molecule has 106 valence electrons. The molecule has 0 spiro atoms. The smallest absolute Gasteiger partial charge is 0.0702 e. The molecule has 0 aromatic rings. The number of rotatable bonds is 4. The Morgan fingerprint density at radius 3 is 2.50 bits per heavy atom. The minimum absolute atomic E-state index is 0.133. The van der Waals surface area contributed by atoms with Crippen LogP contribution in [0.4, 0.5) is 0 Å². The summed E-state index contributed by atoms with van der Waals surface area (Å²) in [4.78, 5) is 2.46. The second-order valence-corrected chi connectivity index (χ2v) is 5.85. The third kappa shape index (κ3) is 3.94. The zero-order valence-corrected chi connectivity index (χ0v) is 11.8. The van der Waals surface area contributed by atoms with Crippen molar-refractivity contribution in [3.63, 3.8) is 0 Å². The molecule has 2 rings (SSSR count). The van der Waals surface area contributed by atoms with Crippen LogP contribution in [0.5, 0.6) is 0 Å². The van der Waals surface area contributed by atoms with Crippen LogP contribution in [0.25, 0.3) is 0 Å². The molecule has 1 N–H and O–H groups in total. The molecule has 3 unspecified atom stereocenters. The van der Waals surface area contributed by atoms with E-state index in [9.17, 15) is 5.11 Å². The lowest BCUT2D eigenvalue weighted by atomic mass is 9.93. The molecule has 18 heavy (non-hydrogen) atoms. The summed E-state index contributed by atoms with van der Waals surface area (Å²) in [7, 11) is 0. The van der Waals surface area contributed by atoms with E-state index in [-0.39, 0.29) is 6.10 Å². The Morgan fingerprint density at radius 2 is 1.83 bits per heavy atom. The van der Waals surface area contributed by atoms with Crippen LogP contribution in [0.3, 0.4) is 0 Å². The van der Waals surface area contributed by atoms with E-state index >= 15 is 0 Å². The van der Waals surface area contributed by atoms with Crippen molar-refractivity contribution in [1.82, 2.24) is 4.90 Å². The van der Waals surface area contributed by atoms with Crippen LogP contribution in [-0.2, 0) is 4.74 Å². The fourth-order valence-electron chi connectivity index (χ4n) is 3.42. The van der Waals surface area contributed by atoms with Crippen molar-refractivity contribution < 1.29 is 9.84 Å². The summed E-state index contributed by atoms with van der Waals surface area (Å²) in [6.45, 7) is 5.18. The monoisotopic (exact) mass is 255 g/mol. The molecule has 0 aromatic heterocycles. The van der Waals surface area contributed by atoms with Crippen molar-refractivity contribution >= 4 is 0 Å². The van der Waals surface area contributed by atoms with Crippen LogP contribution in [0.2, 0.25) is 0 Å². The molecule has 1 saturated heterocycles. The van der Waals surface area contributed by atoms with Crippen LogP contribution < -0.4 is 0 Å². The number of aliphatic hydroxyl groups is 1. The number of likely N-dealkylation sites (N-methyl/N-ethyl adjacent to an activating group) is 1. The predicted octanol–water partition coefficient (Wildman–Crippen LogP) is 2.57. The molecule has 1 saturated carbocycles. The first kappa shape index (κ1) is 14.3. The van der Waals surface area contributed by atoms with Gasteiger partial charge in [-0.25, -0.2) is 0 Å². The van der Waals surface area contributed by atoms with E-state index in [1.807, 2.05) is 0 Å². The summed E-state index contributed by atoms with van der Waals surface area (Å²) in [6, 6.07) is 0.361. The van der Waals surface area contributed by atoms with Gasteiger partial charge in [0.2, 0.25) is 0 Å². The van der Waals surface area contributed by atoms with Gasteiger partial charge in [-0.3, -0.25) is 4.90 Å². The zero-order chi connectivity index (χ0) is 12.8. The van der Waals surface area contributed by atoms with Gasteiger partial charge in [0.25, 0.3) is 0 Å². The lowest BCUT2D eigenvalue weighted by Gasteiger charge is -2.36. The maximum absolute atomic E-state index is 10.4. The highest BCUT2D eigenvalue weighted by Crippen LogP contribution is 2.23. The highest BCUT2D eigenvalue weighted by atomic mass is 16.5. The average molecular weight is 255 g/mol. The molecule has 0 radical (unpaired) electrons. The van der Waals surface area contributed by atoms with Crippen molar-refractivity contribution in [2.24, 2.45) is 0 Å². The van der Waals surface area contributed by atoms with Gasteiger partial charge in [0, 0.05) is 19.2 Å². The first-order valence-corrected chi connectivity index (χ1v) is 7.85. The van der Waals surface area contributed by atoms with E-state index < -0.39 is 0 Å². The molecule has 3 heteroatoms. The number of nitrogens with zero attached hydrogens (tertiary/aromatic N) is 1. The van der Waals surface area contributed by atoms with Gasteiger partial charge in [-0.15, -0.1) is 0 Å². The highest BCUT2D eigenvalue weighted by Gasteiger charge is 2.28. The van der Waals surface area contributed by atoms with Crippen LogP contribution >= 0.6 is 0 Å². The Labute approximate surface area is 112 Å². The minimum atomic E-state index is -0.133. The van der Waals surface area contributed by atoms with E-state index in [1.165, 1.54) is 38.5 Å². The summed E-state index contributed by atoms with van der Waals surface area (Å²) in [6.07, 6.45) is 9.89. The van der Waals surface area contributed by atoms with E-state index in [2.05, 4.69) is 11.8 Å². The van der Waals surface area contributed by atoms with Gasteiger partial charge in [0.05, 0.1) is 12.2 Å². The quantitative estimate of drug-likeness (QED) is 0.838. The number of hydrogen-bond acceptors (Lipinski definition) is 3. The lowest BCUT2D eigenvalue weighted by molar-refractivity contribution is 0.00236. The molecule has 0 amide bonds. The molecule has 3 nitrogen and oxygen atoms in total. The lowest BCUT2D eigenvalue weighted by Crippen LogP contribution is -2.47. The van der Waals surface area contributed by atoms with Gasteiger partial charge in [-0.05, 0) is 32.2 Å². The Bertz CT molecular complexity index is 229. The van der Waals surface area contributed by atoms with Gasteiger partial charge in [0.1, 0.15) is 0 Å². The molecular weight excluding hydrogens is 226 g/mol. The SMILES string of the molecule is CCN(CC1CCCO1)C1CCCCCCC1O. The Morgan fingerprint density at radius 1 is 1.06 bits per heavy atom. The Kier molecular flexibility index (Phi) is 5.93. The predicted molar refractivity (Wildman–Crippen MR) is 73.7 cm³/mol. The van der Waals surface area contributed by atoms with Crippen molar-refractivity contribution in [1.29, 1.82) is 0 Å². The third-order valence-electron chi connectivity index (χ3n) is 4.53. The topological polar surface area (TPSA) is 32.7 Å². The van der Waals surface area contributed by atoms with Gasteiger partial charge in [-0.1, -0.05) is 32.6 Å². The van der Waals surface area contributed by atoms with Crippen molar-refractivity contribution in [2.45, 2.75) is 76.5 Å². The molecule has 1 aliphatic carbocycles. The fraction of sp³-hybridized carbons (Fsp3) is 1.00. The third-order valence-corrected chi connectivity index (χ3v) is 4.53. The van der Waals surface area contributed by atoms with Gasteiger partial charge < -0.3 is 9.84 Å². The second-order valence-electron chi connectivity index (χ2n) is 5.85. The number of hydrogen-bond donors (Lipinski definition) is 1. The fourth-order valence-corrected chi connectivity index (χ4v) is 3.42. The summed E-state index contributed by atoms with van der Waals surface area (Å²) in [5.41, 5.74) is 0. The largest absolute Gasteiger partial charge is 0.391 e. The zero-order valence-electron chi connectivity index (χ0n) is 11.8. The van der Waals surface area contributed by atoms with Gasteiger partial charge >= 0.3 is 0 Å². The maximum Gasteiger partial charge on any atom is 0.0702 e. The van der Waals surface area contributed by atoms with Gasteiger partial charge in [-0.2, -0.15) is 0 Å². The standard InChI is InChI=1S/C15H29NO2/c1-2-16(12-13-8-7-11-18-13)14-9-5-3-4-6-10-15(14)17/h13-15,17H,2-12H2,1H3. The van der Waals surface area contributed by atoms with E-state index in [0.29, 0.717) is 12.1 Å². The Hall–Kier alpha value is -0.120. The number of ether oxygens (including phenoxy) is 1. The van der Waals surface area contributed by atoms with Crippen molar-refractivity contribution in [2.75, 3.05) is 19.7 Å². The van der Waals surface area contributed by atoms with Crippen LogP contribution in [-0.4, -0.2) is 48.0 Å². The summed E-state index contributed by atoms with van der Waals surface area (Å²) in [5.74, 6) is 0. The molecule has 1 heterocycles. The molecule has 1 aliphatic heterocycles. The second kappa shape index (κ2) is 7.46. The first-order chi connectivity index (χ1) is 8.81. The minimum Gasteiger partial charge on any atom is -0.391 e. The summed E-state index contributed by atoms with van der Waals surface area (Å²) >= 11 is 0. The maximum atomic E-state index is 10.4. The van der Waals surface area contributed by atoms with Gasteiger partial charge in [0.15, 0.2) is 0 Å². The van der Waals surface area contributed by atoms with E-state index in [4.69, 9.17) is 4.74 Å². The highest BCUT2D eigenvalue weighted by molar-refractivity contribution is 4.83. The first-order valence-electron chi connectivity index (χ1n) is 7.85. The molecule has 3 atom stereocenters. The summed E-state index contributed by atoms with van der Waals surface area (Å²) in [5, 5.41) is 10.4. The normalized spacial score (nSPS) is 34.5. The average Bonchev–Trinajstić information content (AvgIpc) is 2.85. The number of aliphatic hydroxyl groups excluding tert-OH is 1.